The van der Waals surface area contributed by atoms with E-state index in [4.69, 9.17) is 4.74 Å². The third-order valence-corrected chi connectivity index (χ3v) is 8.31. The molecule has 0 aromatic heterocycles. The second-order valence-corrected chi connectivity index (χ2v) is 11.1. The van der Waals surface area contributed by atoms with Crippen LogP contribution in [0.15, 0.2) is 108 Å². The molecule has 1 saturated heterocycles. The van der Waals surface area contributed by atoms with Crippen LogP contribution in [0.25, 0.3) is 11.1 Å². The van der Waals surface area contributed by atoms with Gasteiger partial charge in [0.2, 0.25) is 0 Å². The van der Waals surface area contributed by atoms with Crippen molar-refractivity contribution in [1.29, 1.82) is 0 Å². The van der Waals surface area contributed by atoms with Gasteiger partial charge in [-0.1, -0.05) is 42.5 Å². The van der Waals surface area contributed by atoms with Crippen LogP contribution in [0, 0.1) is 0 Å². The number of rotatable bonds is 9. The topological polar surface area (TPSA) is 79.0 Å². The zero-order chi connectivity index (χ0) is 27.2. The summed E-state index contributed by atoms with van der Waals surface area (Å²) in [7, 11) is -2.10. The number of ketones is 1. The Hall–Kier alpha value is -4.14. The number of methoxy groups -OCH3 is 1. The predicted octanol–water partition coefficient (Wildman–Crippen LogP) is 5.17. The predicted molar refractivity (Wildman–Crippen MR) is 155 cm³/mol. The Morgan fingerprint density at radius 2 is 1.38 bits per heavy atom. The first-order chi connectivity index (χ1) is 18.9. The number of hydrogen-bond donors (Lipinski definition) is 1. The van der Waals surface area contributed by atoms with Crippen molar-refractivity contribution in [3.63, 3.8) is 0 Å². The highest BCUT2D eigenvalue weighted by Gasteiger charge is 2.20. The van der Waals surface area contributed by atoms with Crippen LogP contribution in [-0.4, -0.2) is 58.9 Å². The van der Waals surface area contributed by atoms with Crippen LogP contribution in [0.4, 0.5) is 11.4 Å². The molecule has 0 unspecified atom stereocenters. The number of Topliss-reactive ketones (excluding diaryl/α,β-unsaturated/α-hetero) is 1. The summed E-state index contributed by atoms with van der Waals surface area (Å²) in [5.41, 5.74) is 4.21. The minimum Gasteiger partial charge on any atom is -0.497 e. The van der Waals surface area contributed by atoms with E-state index in [9.17, 15) is 13.2 Å². The molecule has 1 N–H and O–H groups in total. The molecule has 0 saturated carbocycles. The summed E-state index contributed by atoms with van der Waals surface area (Å²) in [5.74, 6) is 0.828. The molecular weight excluding hydrogens is 510 g/mol. The fraction of sp³-hybridized carbons (Fsp3) is 0.194. The summed E-state index contributed by atoms with van der Waals surface area (Å²) in [5, 5.41) is 0. The average Bonchev–Trinajstić information content (AvgIpc) is 2.98. The smallest absolute Gasteiger partial charge is 0.261 e. The van der Waals surface area contributed by atoms with Crippen LogP contribution in [0.5, 0.6) is 5.75 Å². The van der Waals surface area contributed by atoms with Crippen LogP contribution >= 0.6 is 0 Å². The molecule has 4 aromatic carbocycles. The molecule has 0 amide bonds. The molecule has 1 aliphatic rings. The first kappa shape index (κ1) is 26.5. The fourth-order valence-corrected chi connectivity index (χ4v) is 5.71. The van der Waals surface area contributed by atoms with Crippen molar-refractivity contribution in [2.24, 2.45) is 0 Å². The lowest BCUT2D eigenvalue weighted by Gasteiger charge is -2.35. The van der Waals surface area contributed by atoms with Gasteiger partial charge in [0.1, 0.15) is 5.75 Å². The van der Waals surface area contributed by atoms with Gasteiger partial charge in [0, 0.05) is 43.1 Å². The first-order valence-electron chi connectivity index (χ1n) is 12.8. The van der Waals surface area contributed by atoms with E-state index in [-0.39, 0.29) is 10.7 Å². The number of piperazine rings is 1. The second-order valence-electron chi connectivity index (χ2n) is 9.46. The summed E-state index contributed by atoms with van der Waals surface area (Å²) in [6.45, 7) is 3.50. The lowest BCUT2D eigenvalue weighted by atomic mass is 10.1. The van der Waals surface area contributed by atoms with Crippen molar-refractivity contribution in [2.75, 3.05) is 49.5 Å². The van der Waals surface area contributed by atoms with E-state index in [2.05, 4.69) is 14.5 Å². The number of carbonyl (C=O) groups is 1. The maximum Gasteiger partial charge on any atom is 0.261 e. The third kappa shape index (κ3) is 6.47. The molecule has 8 heteroatoms. The number of anilines is 2. The zero-order valence-electron chi connectivity index (χ0n) is 21.8. The number of carbonyl (C=O) groups excluding carboxylic acids is 1. The number of hydrogen-bond acceptors (Lipinski definition) is 6. The van der Waals surface area contributed by atoms with E-state index >= 15 is 0 Å². The average molecular weight is 542 g/mol. The van der Waals surface area contributed by atoms with Gasteiger partial charge < -0.3 is 9.64 Å². The van der Waals surface area contributed by atoms with Crippen molar-refractivity contribution < 1.29 is 17.9 Å². The van der Waals surface area contributed by atoms with Crippen molar-refractivity contribution in [1.82, 2.24) is 4.90 Å². The molecular formula is C31H31N3O4S. The van der Waals surface area contributed by atoms with E-state index in [0.717, 1.165) is 48.7 Å². The minimum absolute atomic E-state index is 0.0949. The van der Waals surface area contributed by atoms with E-state index in [0.29, 0.717) is 17.8 Å². The summed E-state index contributed by atoms with van der Waals surface area (Å²) >= 11 is 0. The Bertz CT molecular complexity index is 1500. The van der Waals surface area contributed by atoms with Crippen LogP contribution in [0.2, 0.25) is 0 Å². The monoisotopic (exact) mass is 541 g/mol. The molecule has 4 aromatic rings. The maximum atomic E-state index is 12.9. The Balaban J connectivity index is 1.14. The van der Waals surface area contributed by atoms with Gasteiger partial charge in [0.25, 0.3) is 10.0 Å². The van der Waals surface area contributed by atoms with Crippen LogP contribution in [0.1, 0.15) is 10.4 Å². The zero-order valence-corrected chi connectivity index (χ0v) is 22.6. The van der Waals surface area contributed by atoms with Crippen LogP contribution in [-0.2, 0) is 10.0 Å². The van der Waals surface area contributed by atoms with Gasteiger partial charge in [-0.2, -0.15) is 0 Å². The van der Waals surface area contributed by atoms with Gasteiger partial charge in [-0.05, 0) is 71.8 Å². The molecule has 0 aliphatic carbocycles. The highest BCUT2D eigenvalue weighted by Crippen LogP contribution is 2.24. The summed E-state index contributed by atoms with van der Waals surface area (Å²) in [6.07, 6.45) is 0. The van der Waals surface area contributed by atoms with Gasteiger partial charge in [0.05, 0.1) is 18.6 Å². The molecule has 200 valence electrons. The number of nitrogens with zero attached hydrogens (tertiary/aromatic N) is 2. The molecule has 5 rings (SSSR count). The number of nitrogens with one attached hydrogen (secondary N) is 1. The molecule has 0 atom stereocenters. The molecule has 7 nitrogen and oxygen atoms in total. The third-order valence-electron chi connectivity index (χ3n) is 6.91. The number of benzene rings is 4. The molecule has 1 heterocycles. The van der Waals surface area contributed by atoms with E-state index in [1.165, 1.54) is 0 Å². The van der Waals surface area contributed by atoms with Gasteiger partial charge in [0.15, 0.2) is 5.78 Å². The largest absolute Gasteiger partial charge is 0.497 e. The maximum absolute atomic E-state index is 12.9. The summed E-state index contributed by atoms with van der Waals surface area (Å²) in [4.78, 5) is 17.3. The van der Waals surface area contributed by atoms with Gasteiger partial charge in [-0.15, -0.1) is 0 Å². The van der Waals surface area contributed by atoms with E-state index in [1.54, 1.807) is 55.6 Å². The molecule has 1 fully saturated rings. The number of ether oxygens (including phenoxy) is 1. The lowest BCUT2D eigenvalue weighted by Crippen LogP contribution is -2.48. The Morgan fingerprint density at radius 1 is 0.769 bits per heavy atom. The highest BCUT2D eigenvalue weighted by molar-refractivity contribution is 7.92. The Kier molecular flexibility index (Phi) is 7.95. The van der Waals surface area contributed by atoms with Gasteiger partial charge >= 0.3 is 0 Å². The normalized spacial score (nSPS) is 14.1. The van der Waals surface area contributed by atoms with Crippen molar-refractivity contribution in [2.45, 2.75) is 4.90 Å². The highest BCUT2D eigenvalue weighted by atomic mass is 32.2. The molecule has 0 bridgehead atoms. The molecule has 39 heavy (non-hydrogen) atoms. The number of sulfonamides is 1. The lowest BCUT2D eigenvalue weighted by molar-refractivity contribution is 0.0926. The second kappa shape index (κ2) is 11.7. The van der Waals surface area contributed by atoms with Crippen molar-refractivity contribution in [3.05, 3.63) is 109 Å². The molecule has 0 spiro atoms. The van der Waals surface area contributed by atoms with Crippen molar-refractivity contribution >= 4 is 27.2 Å². The summed E-state index contributed by atoms with van der Waals surface area (Å²) < 4.78 is 33.7. The van der Waals surface area contributed by atoms with Gasteiger partial charge in [-0.3, -0.25) is 14.4 Å². The van der Waals surface area contributed by atoms with Crippen LogP contribution in [0.3, 0.4) is 0 Å². The fourth-order valence-electron chi connectivity index (χ4n) is 4.65. The minimum atomic E-state index is -3.70. The standard InChI is InChI=1S/C31H31N3O4S/c1-38-29-15-7-26(8-16-29)31(35)23-33-19-21-34(22-20-33)28-13-11-27(12-14-28)32-39(36,37)30-17-9-25(10-18-30)24-5-3-2-4-6-24/h2-18,32H,19-23H2,1H3. The SMILES string of the molecule is COc1ccc(C(=O)CN2CCN(c3ccc(NS(=O)(=O)c4ccc(-c5ccccc5)cc4)cc3)CC2)cc1. The Labute approximate surface area is 229 Å². The van der Waals surface area contributed by atoms with E-state index < -0.39 is 10.0 Å². The Morgan fingerprint density at radius 3 is 2.00 bits per heavy atom. The molecule has 1 aliphatic heterocycles. The van der Waals surface area contributed by atoms with Crippen molar-refractivity contribution in [3.8, 4) is 16.9 Å². The first-order valence-corrected chi connectivity index (χ1v) is 14.3. The quantitative estimate of drug-likeness (QED) is 0.295. The van der Waals surface area contributed by atoms with Crippen LogP contribution < -0.4 is 14.4 Å². The molecule has 0 radical (unpaired) electrons. The van der Waals surface area contributed by atoms with Gasteiger partial charge in [-0.25, -0.2) is 8.42 Å². The summed E-state index contributed by atoms with van der Waals surface area (Å²) in [6, 6.07) is 31.3. The van der Waals surface area contributed by atoms with E-state index in [1.807, 2.05) is 54.6 Å².